The Labute approximate surface area is 206 Å². The molecule has 2 heterocycles. The van der Waals surface area contributed by atoms with E-state index in [-0.39, 0.29) is 29.1 Å². The highest BCUT2D eigenvalue weighted by molar-refractivity contribution is 7.99. The van der Waals surface area contributed by atoms with E-state index in [0.717, 1.165) is 25.1 Å². The van der Waals surface area contributed by atoms with Crippen LogP contribution in [0.2, 0.25) is 0 Å². The lowest BCUT2D eigenvalue weighted by atomic mass is 10.2. The predicted octanol–water partition coefficient (Wildman–Crippen LogP) is 3.73. The van der Waals surface area contributed by atoms with Crippen molar-refractivity contribution in [3.63, 3.8) is 0 Å². The summed E-state index contributed by atoms with van der Waals surface area (Å²) in [5, 5.41) is 15.2. The number of thioether (sulfide) groups is 1. The molecule has 4 rings (SSSR count). The van der Waals surface area contributed by atoms with Gasteiger partial charge in [0, 0.05) is 12.3 Å². The van der Waals surface area contributed by atoms with Gasteiger partial charge in [-0.2, -0.15) is 0 Å². The Morgan fingerprint density at radius 3 is 2.74 bits per heavy atom. The molecule has 1 amide bonds. The number of nitrogens with one attached hydrogen (secondary N) is 2. The van der Waals surface area contributed by atoms with E-state index in [1.807, 2.05) is 4.57 Å². The lowest BCUT2D eigenvalue weighted by Gasteiger charge is -2.15. The second kappa shape index (κ2) is 11.8. The number of aromatic nitrogens is 3. The molecule has 11 heteroatoms. The fourth-order valence-electron chi connectivity index (χ4n) is 3.68. The summed E-state index contributed by atoms with van der Waals surface area (Å²) >= 11 is 1.25. The number of halogens is 1. The third-order valence-corrected chi connectivity index (χ3v) is 6.40. The van der Waals surface area contributed by atoms with Gasteiger partial charge in [-0.25, -0.2) is 9.18 Å². The second-order valence-corrected chi connectivity index (χ2v) is 8.82. The molecule has 1 aromatic heterocycles. The Bertz CT molecular complexity index is 1160. The molecule has 2 N–H and O–H groups in total. The fourth-order valence-corrected chi connectivity index (χ4v) is 4.44. The van der Waals surface area contributed by atoms with Crippen LogP contribution in [0.4, 0.5) is 15.8 Å². The number of nitrogens with zero attached hydrogens (tertiary/aromatic N) is 3. The van der Waals surface area contributed by atoms with Crippen LogP contribution in [0.15, 0.2) is 53.7 Å². The highest BCUT2D eigenvalue weighted by atomic mass is 32.2. The van der Waals surface area contributed by atoms with E-state index in [2.05, 4.69) is 20.8 Å². The van der Waals surface area contributed by atoms with Gasteiger partial charge in [0.05, 0.1) is 43.3 Å². The van der Waals surface area contributed by atoms with Crippen molar-refractivity contribution in [3.8, 4) is 0 Å². The van der Waals surface area contributed by atoms with Crippen LogP contribution in [0.1, 0.15) is 29.0 Å². The number of hydrogen-bond donors (Lipinski definition) is 2. The van der Waals surface area contributed by atoms with Crippen molar-refractivity contribution in [2.45, 2.75) is 37.2 Å². The predicted molar refractivity (Wildman–Crippen MR) is 130 cm³/mol. The van der Waals surface area contributed by atoms with Crippen LogP contribution >= 0.6 is 11.8 Å². The molecular formula is C24H26FN5O4S. The lowest BCUT2D eigenvalue weighted by Crippen LogP contribution is -2.20. The molecule has 2 aromatic carbocycles. The molecule has 0 unspecified atom stereocenters. The van der Waals surface area contributed by atoms with Crippen LogP contribution in [0, 0.1) is 5.82 Å². The van der Waals surface area contributed by atoms with E-state index >= 15 is 0 Å². The van der Waals surface area contributed by atoms with Gasteiger partial charge >= 0.3 is 5.97 Å². The number of benzene rings is 2. The first-order valence-corrected chi connectivity index (χ1v) is 12.1. The average Bonchev–Trinajstić information content (AvgIpc) is 3.52. The Hall–Kier alpha value is -3.44. The van der Waals surface area contributed by atoms with Crippen LogP contribution in [0.3, 0.4) is 0 Å². The molecule has 9 nitrogen and oxygen atoms in total. The third-order valence-electron chi connectivity index (χ3n) is 5.44. The van der Waals surface area contributed by atoms with Crippen molar-refractivity contribution >= 4 is 35.0 Å². The number of methoxy groups -OCH3 is 1. The number of carbonyl (C=O) groups is 2. The number of para-hydroxylation sites is 1. The Kier molecular flexibility index (Phi) is 8.32. The van der Waals surface area contributed by atoms with E-state index in [1.54, 1.807) is 36.4 Å². The summed E-state index contributed by atoms with van der Waals surface area (Å²) < 4.78 is 25.7. The van der Waals surface area contributed by atoms with E-state index in [9.17, 15) is 14.0 Å². The maximum Gasteiger partial charge on any atom is 0.339 e. The maximum absolute atomic E-state index is 13.2. The molecule has 0 radical (unpaired) electrons. The van der Waals surface area contributed by atoms with Crippen molar-refractivity contribution in [1.82, 2.24) is 14.8 Å². The van der Waals surface area contributed by atoms with Gasteiger partial charge in [-0.15, -0.1) is 10.2 Å². The molecule has 184 valence electrons. The first kappa shape index (κ1) is 24.7. The minimum Gasteiger partial charge on any atom is -0.465 e. The van der Waals surface area contributed by atoms with Gasteiger partial charge in [0.2, 0.25) is 5.91 Å². The van der Waals surface area contributed by atoms with E-state index in [0.29, 0.717) is 29.8 Å². The van der Waals surface area contributed by atoms with Crippen LogP contribution < -0.4 is 10.6 Å². The van der Waals surface area contributed by atoms with Gasteiger partial charge in [-0.1, -0.05) is 23.9 Å². The molecule has 0 bridgehead atoms. The van der Waals surface area contributed by atoms with Crippen molar-refractivity contribution in [2.24, 2.45) is 0 Å². The topological polar surface area (TPSA) is 107 Å². The highest BCUT2D eigenvalue weighted by Gasteiger charge is 2.22. The van der Waals surface area contributed by atoms with E-state index < -0.39 is 5.97 Å². The van der Waals surface area contributed by atoms with Crippen LogP contribution in [-0.2, 0) is 27.4 Å². The molecule has 35 heavy (non-hydrogen) atoms. The zero-order valence-electron chi connectivity index (χ0n) is 19.2. The summed E-state index contributed by atoms with van der Waals surface area (Å²) in [6, 6.07) is 12.8. The number of hydrogen-bond acceptors (Lipinski definition) is 8. The number of esters is 1. The maximum atomic E-state index is 13.2. The fraction of sp³-hybridized carbons (Fsp3) is 0.333. The number of rotatable bonds is 10. The number of ether oxygens (including phenoxy) is 2. The zero-order chi connectivity index (χ0) is 24.6. The van der Waals surface area contributed by atoms with Gasteiger partial charge in [-0.3, -0.25) is 4.79 Å². The molecule has 3 aromatic rings. The van der Waals surface area contributed by atoms with Crippen molar-refractivity contribution in [2.75, 3.05) is 30.1 Å². The van der Waals surface area contributed by atoms with Crippen LogP contribution in [0.25, 0.3) is 0 Å². The molecule has 0 aliphatic carbocycles. The quantitative estimate of drug-likeness (QED) is 0.321. The summed E-state index contributed by atoms with van der Waals surface area (Å²) in [7, 11) is 1.29. The number of amides is 1. The molecule has 0 saturated carbocycles. The molecule has 0 spiro atoms. The van der Waals surface area contributed by atoms with Gasteiger partial charge in [0.1, 0.15) is 5.82 Å². The smallest absolute Gasteiger partial charge is 0.339 e. The monoisotopic (exact) mass is 499 g/mol. The average molecular weight is 500 g/mol. The minimum absolute atomic E-state index is 0.0516. The molecule has 1 saturated heterocycles. The lowest BCUT2D eigenvalue weighted by molar-refractivity contribution is -0.113. The minimum atomic E-state index is -0.525. The largest absolute Gasteiger partial charge is 0.465 e. The van der Waals surface area contributed by atoms with Crippen molar-refractivity contribution in [1.29, 1.82) is 0 Å². The van der Waals surface area contributed by atoms with Crippen LogP contribution in [0.5, 0.6) is 0 Å². The van der Waals surface area contributed by atoms with Crippen molar-refractivity contribution < 1.29 is 23.5 Å². The first-order valence-electron chi connectivity index (χ1n) is 11.2. The standard InChI is InChI=1S/C24H26FN5O4S/c1-33-23(32)19-6-2-3-7-20(19)27-22(31)15-35-24-29-28-21(30(24)14-18-5-4-12-34-18)13-26-17-10-8-16(25)9-11-17/h2-3,6-11,18,26H,4-5,12-15H2,1H3,(H,27,31)/t18-/m1/s1. The van der Waals surface area contributed by atoms with Gasteiger partial charge in [-0.05, 0) is 49.2 Å². The molecule has 1 aliphatic rings. The molecule has 1 aliphatic heterocycles. The third kappa shape index (κ3) is 6.58. The van der Waals surface area contributed by atoms with Crippen molar-refractivity contribution in [3.05, 3.63) is 65.7 Å². The molecule has 1 fully saturated rings. The Morgan fingerprint density at radius 1 is 1.20 bits per heavy atom. The SMILES string of the molecule is COC(=O)c1ccccc1NC(=O)CSc1nnc(CNc2ccc(F)cc2)n1C[C@H]1CCCO1. The summed E-state index contributed by atoms with van der Waals surface area (Å²) in [5.74, 6) is -0.357. The number of anilines is 2. The Morgan fingerprint density at radius 2 is 2.00 bits per heavy atom. The van der Waals surface area contributed by atoms with E-state index in [4.69, 9.17) is 9.47 Å². The van der Waals surface area contributed by atoms with Gasteiger partial charge in [0.25, 0.3) is 0 Å². The normalized spacial score (nSPS) is 15.1. The molecule has 1 atom stereocenters. The highest BCUT2D eigenvalue weighted by Crippen LogP contribution is 2.23. The summed E-state index contributed by atoms with van der Waals surface area (Å²) in [5.41, 5.74) is 1.43. The van der Waals surface area contributed by atoms with Crippen LogP contribution in [-0.4, -0.2) is 52.2 Å². The second-order valence-electron chi connectivity index (χ2n) is 7.88. The van der Waals surface area contributed by atoms with E-state index in [1.165, 1.54) is 31.0 Å². The summed E-state index contributed by atoms with van der Waals surface area (Å²) in [6.45, 7) is 1.67. The Balaban J connectivity index is 1.43. The summed E-state index contributed by atoms with van der Waals surface area (Å²) in [6.07, 6.45) is 1.99. The molecular weight excluding hydrogens is 473 g/mol. The first-order chi connectivity index (χ1) is 17.0. The van der Waals surface area contributed by atoms with Gasteiger partial charge in [0.15, 0.2) is 11.0 Å². The number of carbonyl (C=O) groups excluding carboxylic acids is 2. The summed E-state index contributed by atoms with van der Waals surface area (Å²) in [4.78, 5) is 24.6. The van der Waals surface area contributed by atoms with Gasteiger partial charge < -0.3 is 24.7 Å². The zero-order valence-corrected chi connectivity index (χ0v) is 20.0.